The molecule has 0 saturated carbocycles. The second-order valence-corrected chi connectivity index (χ2v) is 5.47. The lowest BCUT2D eigenvalue weighted by Crippen LogP contribution is -2.03. The molecule has 18 heavy (non-hydrogen) atoms. The lowest BCUT2D eigenvalue weighted by atomic mass is 10.1. The Bertz CT molecular complexity index is 543. The molecule has 1 N–H and O–H groups in total. The van der Waals surface area contributed by atoms with Gasteiger partial charge >= 0.3 is 0 Å². The molecule has 1 heterocycles. The maximum absolute atomic E-state index is 10.3. The van der Waals surface area contributed by atoms with E-state index in [9.17, 15) is 5.11 Å². The first-order valence-corrected chi connectivity index (χ1v) is 6.83. The Balaban J connectivity index is 2.31. The van der Waals surface area contributed by atoms with Crippen molar-refractivity contribution < 1.29 is 9.84 Å². The fraction of sp³-hybridized carbons (Fsp3) is 0.154. The van der Waals surface area contributed by atoms with Gasteiger partial charge in [0.1, 0.15) is 11.9 Å². The SMILES string of the molecule is COc1ccc(C(O)c2ncc(Br)cc2Br)cc1. The van der Waals surface area contributed by atoms with E-state index in [4.69, 9.17) is 4.74 Å². The average Bonchev–Trinajstić information content (AvgIpc) is 2.38. The second kappa shape index (κ2) is 5.82. The monoisotopic (exact) mass is 371 g/mol. The van der Waals surface area contributed by atoms with E-state index in [1.807, 2.05) is 30.3 Å². The number of ether oxygens (including phenoxy) is 1. The van der Waals surface area contributed by atoms with Crippen LogP contribution in [-0.2, 0) is 0 Å². The molecule has 5 heteroatoms. The van der Waals surface area contributed by atoms with Gasteiger partial charge in [0.2, 0.25) is 0 Å². The maximum atomic E-state index is 10.3. The highest BCUT2D eigenvalue weighted by molar-refractivity contribution is 9.11. The van der Waals surface area contributed by atoms with Crippen LogP contribution in [0.2, 0.25) is 0 Å². The highest BCUT2D eigenvalue weighted by Crippen LogP contribution is 2.29. The van der Waals surface area contributed by atoms with E-state index in [-0.39, 0.29) is 0 Å². The van der Waals surface area contributed by atoms with Gasteiger partial charge in [-0.1, -0.05) is 12.1 Å². The van der Waals surface area contributed by atoms with Crippen LogP contribution in [-0.4, -0.2) is 17.2 Å². The van der Waals surface area contributed by atoms with Gasteiger partial charge in [-0.3, -0.25) is 4.98 Å². The highest BCUT2D eigenvalue weighted by Gasteiger charge is 2.15. The van der Waals surface area contributed by atoms with Gasteiger partial charge < -0.3 is 9.84 Å². The zero-order chi connectivity index (χ0) is 13.1. The van der Waals surface area contributed by atoms with E-state index in [0.717, 1.165) is 20.3 Å². The largest absolute Gasteiger partial charge is 0.497 e. The van der Waals surface area contributed by atoms with E-state index < -0.39 is 6.10 Å². The molecule has 0 spiro atoms. The number of hydrogen-bond acceptors (Lipinski definition) is 3. The van der Waals surface area contributed by atoms with Crippen LogP contribution in [0.3, 0.4) is 0 Å². The van der Waals surface area contributed by atoms with E-state index in [1.165, 1.54) is 0 Å². The fourth-order valence-electron chi connectivity index (χ4n) is 1.57. The van der Waals surface area contributed by atoms with Crippen molar-refractivity contribution >= 4 is 31.9 Å². The van der Waals surface area contributed by atoms with E-state index in [0.29, 0.717) is 5.69 Å². The number of methoxy groups -OCH3 is 1. The molecule has 2 aromatic rings. The quantitative estimate of drug-likeness (QED) is 0.893. The normalized spacial score (nSPS) is 12.2. The Kier molecular flexibility index (Phi) is 4.37. The third-order valence-corrected chi connectivity index (χ3v) is 3.60. The van der Waals surface area contributed by atoms with Crippen LogP contribution in [0, 0.1) is 0 Å². The predicted molar refractivity (Wildman–Crippen MR) is 76.7 cm³/mol. The summed E-state index contributed by atoms with van der Waals surface area (Å²) >= 11 is 6.73. The molecule has 1 atom stereocenters. The fourth-order valence-corrected chi connectivity index (χ4v) is 2.77. The third-order valence-electron chi connectivity index (χ3n) is 2.53. The second-order valence-electron chi connectivity index (χ2n) is 3.70. The number of aromatic nitrogens is 1. The van der Waals surface area contributed by atoms with Gasteiger partial charge in [-0.15, -0.1) is 0 Å². The summed E-state index contributed by atoms with van der Waals surface area (Å²) in [6.07, 6.45) is 0.894. The Morgan fingerprint density at radius 3 is 2.44 bits per heavy atom. The van der Waals surface area contributed by atoms with Crippen LogP contribution < -0.4 is 4.74 Å². The number of pyridine rings is 1. The van der Waals surface area contributed by atoms with Crippen LogP contribution in [0.25, 0.3) is 0 Å². The number of benzene rings is 1. The maximum Gasteiger partial charge on any atom is 0.122 e. The third kappa shape index (κ3) is 2.91. The van der Waals surface area contributed by atoms with Crippen molar-refractivity contribution in [1.82, 2.24) is 4.98 Å². The summed E-state index contributed by atoms with van der Waals surface area (Å²) in [5, 5.41) is 10.3. The molecule has 0 aliphatic carbocycles. The smallest absolute Gasteiger partial charge is 0.122 e. The zero-order valence-electron chi connectivity index (χ0n) is 9.60. The minimum absolute atomic E-state index is 0.586. The molecule has 0 bridgehead atoms. The number of aliphatic hydroxyl groups is 1. The molecule has 0 amide bonds. The molecule has 1 unspecified atom stereocenters. The van der Waals surface area contributed by atoms with Crippen LogP contribution in [0.4, 0.5) is 0 Å². The topological polar surface area (TPSA) is 42.4 Å². The van der Waals surface area contributed by atoms with Crippen molar-refractivity contribution in [3.63, 3.8) is 0 Å². The lowest BCUT2D eigenvalue weighted by molar-refractivity contribution is 0.214. The van der Waals surface area contributed by atoms with Crippen LogP contribution in [0.5, 0.6) is 5.75 Å². The van der Waals surface area contributed by atoms with Gasteiger partial charge in [-0.05, 0) is 55.6 Å². The summed E-state index contributed by atoms with van der Waals surface area (Å²) in [5.41, 5.74) is 1.36. The summed E-state index contributed by atoms with van der Waals surface area (Å²) in [4.78, 5) is 4.22. The Morgan fingerprint density at radius 1 is 1.22 bits per heavy atom. The van der Waals surface area contributed by atoms with E-state index >= 15 is 0 Å². The molecule has 1 aromatic heterocycles. The van der Waals surface area contributed by atoms with Crippen LogP contribution >= 0.6 is 31.9 Å². The molecule has 0 radical (unpaired) electrons. The highest BCUT2D eigenvalue weighted by atomic mass is 79.9. The van der Waals surface area contributed by atoms with E-state index in [1.54, 1.807) is 13.3 Å². The average molecular weight is 373 g/mol. The molecule has 0 aliphatic rings. The summed E-state index contributed by atoms with van der Waals surface area (Å²) in [6, 6.07) is 9.12. The Labute approximate surface area is 122 Å². The van der Waals surface area contributed by atoms with Gasteiger partial charge in [0, 0.05) is 15.1 Å². The van der Waals surface area contributed by atoms with Crippen molar-refractivity contribution in [3.8, 4) is 5.75 Å². The van der Waals surface area contributed by atoms with Gasteiger partial charge in [0.15, 0.2) is 0 Å². The Hall–Kier alpha value is -0.910. The molecule has 1 aromatic carbocycles. The van der Waals surface area contributed by atoms with E-state index in [2.05, 4.69) is 36.8 Å². The summed E-state index contributed by atoms with van der Waals surface area (Å²) < 4.78 is 6.71. The molecular formula is C13H11Br2NO2. The molecule has 0 saturated heterocycles. The number of hydrogen-bond donors (Lipinski definition) is 1. The number of rotatable bonds is 3. The first kappa shape index (κ1) is 13.5. The van der Waals surface area contributed by atoms with Crippen molar-refractivity contribution in [2.75, 3.05) is 7.11 Å². The van der Waals surface area contributed by atoms with Crippen LogP contribution in [0.1, 0.15) is 17.4 Å². The molecule has 94 valence electrons. The molecule has 2 rings (SSSR count). The molecule has 3 nitrogen and oxygen atoms in total. The number of halogens is 2. The zero-order valence-corrected chi connectivity index (χ0v) is 12.8. The summed E-state index contributed by atoms with van der Waals surface area (Å²) in [5.74, 6) is 0.758. The van der Waals surface area contributed by atoms with Crippen molar-refractivity contribution in [2.24, 2.45) is 0 Å². The summed E-state index contributed by atoms with van der Waals surface area (Å²) in [7, 11) is 1.61. The van der Waals surface area contributed by atoms with Crippen molar-refractivity contribution in [1.29, 1.82) is 0 Å². The minimum atomic E-state index is -0.765. The molecule has 0 aliphatic heterocycles. The Morgan fingerprint density at radius 2 is 1.89 bits per heavy atom. The van der Waals surface area contributed by atoms with Gasteiger partial charge in [0.05, 0.1) is 12.8 Å². The first-order chi connectivity index (χ1) is 8.61. The minimum Gasteiger partial charge on any atom is -0.497 e. The molecule has 0 fully saturated rings. The van der Waals surface area contributed by atoms with Gasteiger partial charge in [0.25, 0.3) is 0 Å². The standard InChI is InChI=1S/C13H11Br2NO2/c1-18-10-4-2-8(3-5-10)13(17)12-11(15)6-9(14)7-16-12/h2-7,13,17H,1H3. The number of nitrogens with zero attached hydrogens (tertiary/aromatic N) is 1. The van der Waals surface area contributed by atoms with Crippen molar-refractivity contribution in [2.45, 2.75) is 6.10 Å². The first-order valence-electron chi connectivity index (χ1n) is 5.25. The van der Waals surface area contributed by atoms with Crippen LogP contribution in [0.15, 0.2) is 45.5 Å². The molecular weight excluding hydrogens is 362 g/mol. The predicted octanol–water partition coefficient (Wildman–Crippen LogP) is 3.70. The van der Waals surface area contributed by atoms with Crippen molar-refractivity contribution in [3.05, 3.63) is 56.7 Å². The number of aliphatic hydroxyl groups excluding tert-OH is 1. The lowest BCUT2D eigenvalue weighted by Gasteiger charge is -2.12. The van der Waals surface area contributed by atoms with Gasteiger partial charge in [-0.2, -0.15) is 0 Å². The van der Waals surface area contributed by atoms with Gasteiger partial charge in [-0.25, -0.2) is 0 Å². The summed E-state index contributed by atoms with van der Waals surface area (Å²) in [6.45, 7) is 0.